The molecule has 1 aliphatic heterocycles. The molecule has 3 rings (SSSR count). The second kappa shape index (κ2) is 5.07. The number of carbonyl (C=O) groups is 1. The van der Waals surface area contributed by atoms with E-state index in [1.807, 2.05) is 6.07 Å². The normalized spacial score (nSPS) is 13.3. The van der Waals surface area contributed by atoms with E-state index < -0.39 is 23.0 Å². The smallest absolute Gasteiger partial charge is 0.198 e. The van der Waals surface area contributed by atoms with E-state index >= 15 is 0 Å². The molecule has 0 amide bonds. The summed E-state index contributed by atoms with van der Waals surface area (Å²) in [6.07, 6.45) is 0. The van der Waals surface area contributed by atoms with Gasteiger partial charge in [0.25, 0.3) is 0 Å². The van der Waals surface area contributed by atoms with Crippen LogP contribution in [0.25, 0.3) is 0 Å². The van der Waals surface area contributed by atoms with Gasteiger partial charge in [0.1, 0.15) is 5.82 Å². The number of hydrogen-bond donors (Lipinski definition) is 1. The topological polar surface area (TPSA) is 29.1 Å². The first kappa shape index (κ1) is 13.4. The molecule has 102 valence electrons. The lowest BCUT2D eigenvalue weighted by Crippen LogP contribution is -2.08. The van der Waals surface area contributed by atoms with Crippen LogP contribution in [0.15, 0.2) is 34.8 Å². The Labute approximate surface area is 122 Å². The predicted molar refractivity (Wildman–Crippen MR) is 74.5 cm³/mol. The zero-order chi connectivity index (χ0) is 14.3. The van der Waals surface area contributed by atoms with Crippen LogP contribution in [0.3, 0.4) is 0 Å². The minimum absolute atomic E-state index is 0.0741. The molecule has 0 bridgehead atoms. The molecule has 2 nitrogen and oxygen atoms in total. The van der Waals surface area contributed by atoms with Crippen LogP contribution in [0.4, 0.5) is 8.78 Å². The number of nitrogens with one attached hydrogen (secondary N) is 1. The van der Waals surface area contributed by atoms with Gasteiger partial charge in [-0.25, -0.2) is 8.78 Å². The number of benzene rings is 2. The lowest BCUT2D eigenvalue weighted by molar-refractivity contribution is 0.103. The summed E-state index contributed by atoms with van der Waals surface area (Å²) in [7, 11) is 0. The first-order valence-electron chi connectivity index (χ1n) is 6.08. The molecule has 1 heterocycles. The van der Waals surface area contributed by atoms with Crippen molar-refractivity contribution in [2.24, 2.45) is 0 Å². The van der Waals surface area contributed by atoms with Gasteiger partial charge >= 0.3 is 0 Å². The summed E-state index contributed by atoms with van der Waals surface area (Å²) in [6.45, 7) is 1.42. The molecule has 0 saturated heterocycles. The van der Waals surface area contributed by atoms with Crippen LogP contribution in [0.1, 0.15) is 27.0 Å². The fraction of sp³-hybridized carbons (Fsp3) is 0.133. The standard InChI is InChI=1S/C15H10BrF2NO/c16-11-3-4-12(17)13(14(11)18)15(20)8-1-2-9-6-19-7-10(9)5-8/h1-5,19H,6-7H2. The van der Waals surface area contributed by atoms with Crippen LogP contribution in [-0.4, -0.2) is 5.78 Å². The maximum atomic E-state index is 14.0. The number of hydrogen-bond acceptors (Lipinski definition) is 2. The maximum Gasteiger partial charge on any atom is 0.198 e. The monoisotopic (exact) mass is 337 g/mol. The van der Waals surface area contributed by atoms with Crippen LogP contribution in [0, 0.1) is 11.6 Å². The van der Waals surface area contributed by atoms with E-state index in [0.717, 1.165) is 23.7 Å². The molecule has 0 saturated carbocycles. The van der Waals surface area contributed by atoms with Gasteiger partial charge in [-0.2, -0.15) is 0 Å². The number of ketones is 1. The number of fused-ring (bicyclic) bond motifs is 1. The fourth-order valence-electron chi connectivity index (χ4n) is 2.32. The minimum atomic E-state index is -0.867. The third-order valence-corrected chi connectivity index (χ3v) is 3.98. The average Bonchev–Trinajstić information content (AvgIpc) is 2.90. The Morgan fingerprint density at radius 2 is 1.85 bits per heavy atom. The summed E-state index contributed by atoms with van der Waals surface area (Å²) in [5.74, 6) is -2.36. The highest BCUT2D eigenvalue weighted by molar-refractivity contribution is 9.10. The van der Waals surface area contributed by atoms with Crippen LogP contribution in [0.5, 0.6) is 0 Å². The quantitative estimate of drug-likeness (QED) is 0.670. The van der Waals surface area contributed by atoms with Crippen molar-refractivity contribution in [2.45, 2.75) is 13.1 Å². The summed E-state index contributed by atoms with van der Waals surface area (Å²) >= 11 is 2.97. The molecule has 1 aliphatic rings. The van der Waals surface area contributed by atoms with Crippen molar-refractivity contribution in [3.63, 3.8) is 0 Å². The van der Waals surface area contributed by atoms with Crippen molar-refractivity contribution >= 4 is 21.7 Å². The van der Waals surface area contributed by atoms with Gasteiger partial charge in [0.05, 0.1) is 10.0 Å². The van der Waals surface area contributed by atoms with Crippen LogP contribution in [0.2, 0.25) is 0 Å². The van der Waals surface area contributed by atoms with E-state index in [1.165, 1.54) is 6.07 Å². The van der Waals surface area contributed by atoms with Crippen molar-refractivity contribution in [1.82, 2.24) is 5.32 Å². The summed E-state index contributed by atoms with van der Waals surface area (Å²) in [5, 5.41) is 3.16. The first-order valence-corrected chi connectivity index (χ1v) is 6.88. The number of carbonyl (C=O) groups excluding carboxylic acids is 1. The van der Waals surface area contributed by atoms with E-state index in [0.29, 0.717) is 12.1 Å². The van der Waals surface area contributed by atoms with Crippen LogP contribution in [-0.2, 0) is 13.1 Å². The Morgan fingerprint density at radius 3 is 2.65 bits per heavy atom. The molecule has 0 fully saturated rings. The molecule has 5 heteroatoms. The van der Waals surface area contributed by atoms with Gasteiger partial charge in [-0.1, -0.05) is 12.1 Å². The van der Waals surface area contributed by atoms with Crippen molar-refractivity contribution in [1.29, 1.82) is 0 Å². The Hall–Kier alpha value is -1.59. The van der Waals surface area contributed by atoms with E-state index in [4.69, 9.17) is 0 Å². The van der Waals surface area contributed by atoms with Gasteiger partial charge in [-0.3, -0.25) is 4.79 Å². The molecule has 0 aliphatic carbocycles. The predicted octanol–water partition coefficient (Wildman–Crippen LogP) is 3.56. The maximum absolute atomic E-state index is 14.0. The zero-order valence-electron chi connectivity index (χ0n) is 10.3. The fourth-order valence-corrected chi connectivity index (χ4v) is 2.65. The van der Waals surface area contributed by atoms with E-state index in [1.54, 1.807) is 12.1 Å². The van der Waals surface area contributed by atoms with Crippen molar-refractivity contribution in [3.05, 3.63) is 68.7 Å². The van der Waals surface area contributed by atoms with Gasteiger partial charge in [0, 0.05) is 18.7 Å². The van der Waals surface area contributed by atoms with Crippen molar-refractivity contribution in [3.8, 4) is 0 Å². The van der Waals surface area contributed by atoms with E-state index in [-0.39, 0.29) is 4.47 Å². The third-order valence-electron chi connectivity index (χ3n) is 3.37. The summed E-state index contributed by atoms with van der Waals surface area (Å²) in [6, 6.07) is 7.44. The Bertz CT molecular complexity index is 715. The second-order valence-electron chi connectivity index (χ2n) is 4.63. The van der Waals surface area contributed by atoms with Gasteiger partial charge < -0.3 is 5.32 Å². The van der Waals surface area contributed by atoms with Gasteiger partial charge in [-0.15, -0.1) is 0 Å². The largest absolute Gasteiger partial charge is 0.309 e. The average molecular weight is 338 g/mol. The molecular formula is C15H10BrF2NO. The molecule has 20 heavy (non-hydrogen) atoms. The Morgan fingerprint density at radius 1 is 1.10 bits per heavy atom. The van der Waals surface area contributed by atoms with Gasteiger partial charge in [0.2, 0.25) is 0 Å². The molecule has 1 N–H and O–H groups in total. The Balaban J connectivity index is 2.07. The highest BCUT2D eigenvalue weighted by Gasteiger charge is 2.22. The molecule has 0 atom stereocenters. The molecule has 2 aromatic carbocycles. The molecule has 2 aromatic rings. The van der Waals surface area contributed by atoms with Crippen molar-refractivity contribution < 1.29 is 13.6 Å². The molecular weight excluding hydrogens is 328 g/mol. The first-order chi connectivity index (χ1) is 9.58. The zero-order valence-corrected chi connectivity index (χ0v) is 11.9. The number of halogens is 3. The highest BCUT2D eigenvalue weighted by atomic mass is 79.9. The molecule has 0 spiro atoms. The van der Waals surface area contributed by atoms with Crippen molar-refractivity contribution in [2.75, 3.05) is 0 Å². The molecule has 0 radical (unpaired) electrons. The van der Waals surface area contributed by atoms with Gasteiger partial charge in [0.15, 0.2) is 11.6 Å². The van der Waals surface area contributed by atoms with Gasteiger partial charge in [-0.05, 0) is 45.3 Å². The summed E-state index contributed by atoms with van der Waals surface area (Å²) < 4.78 is 27.8. The third kappa shape index (κ3) is 2.17. The summed E-state index contributed by atoms with van der Waals surface area (Å²) in [4.78, 5) is 12.3. The van der Waals surface area contributed by atoms with Crippen LogP contribution < -0.4 is 5.32 Å². The van der Waals surface area contributed by atoms with E-state index in [9.17, 15) is 13.6 Å². The lowest BCUT2D eigenvalue weighted by Gasteiger charge is -2.07. The Kier molecular flexibility index (Phi) is 3.40. The summed E-state index contributed by atoms with van der Waals surface area (Å²) in [5.41, 5.74) is 1.87. The molecule has 0 aromatic heterocycles. The molecule has 0 unspecified atom stereocenters. The lowest BCUT2D eigenvalue weighted by atomic mass is 9.98. The van der Waals surface area contributed by atoms with E-state index in [2.05, 4.69) is 21.2 Å². The highest BCUT2D eigenvalue weighted by Crippen LogP contribution is 2.25. The second-order valence-corrected chi connectivity index (χ2v) is 5.49. The SMILES string of the molecule is O=C(c1ccc2c(c1)CNC2)c1c(F)ccc(Br)c1F. The minimum Gasteiger partial charge on any atom is -0.309 e. The van der Waals surface area contributed by atoms with Crippen LogP contribution >= 0.6 is 15.9 Å². The number of rotatable bonds is 2.